The first kappa shape index (κ1) is 21.0. The Balaban J connectivity index is 2.39. The fourth-order valence-electron chi connectivity index (χ4n) is 3.08. The van der Waals surface area contributed by atoms with Crippen LogP contribution in [0.5, 0.6) is 5.75 Å². The summed E-state index contributed by atoms with van der Waals surface area (Å²) in [6, 6.07) is 4.93. The Morgan fingerprint density at radius 2 is 2.00 bits per heavy atom. The predicted octanol–water partition coefficient (Wildman–Crippen LogP) is 3.23. The first-order valence-corrected chi connectivity index (χ1v) is 9.72. The molecule has 0 amide bonds. The summed E-state index contributed by atoms with van der Waals surface area (Å²) < 4.78 is 5.43. The average Bonchev–Trinajstić information content (AvgIpc) is 2.60. The van der Waals surface area contributed by atoms with Crippen molar-refractivity contribution in [3.63, 3.8) is 0 Å². The number of nitrogens with zero attached hydrogens (tertiary/aromatic N) is 1. The van der Waals surface area contributed by atoms with Crippen LogP contribution in [-0.4, -0.2) is 35.9 Å². The molecule has 1 aromatic rings. The molecule has 1 unspecified atom stereocenters. The second-order valence-corrected chi connectivity index (χ2v) is 7.39. The number of ether oxygens (including phenoxy) is 1. The molecular weight excluding hydrogens is 362 g/mol. The van der Waals surface area contributed by atoms with Crippen LogP contribution in [0.4, 0.5) is 5.69 Å². The van der Waals surface area contributed by atoms with E-state index in [0.717, 1.165) is 18.8 Å². The van der Waals surface area contributed by atoms with Gasteiger partial charge in [-0.05, 0) is 45.0 Å². The minimum absolute atomic E-state index is 0.114. The number of anilines is 1. The fourth-order valence-corrected chi connectivity index (χ4v) is 3.35. The third-order valence-corrected chi connectivity index (χ3v) is 4.71. The highest BCUT2D eigenvalue weighted by molar-refractivity contribution is 7.80. The maximum atomic E-state index is 12.7. The van der Waals surface area contributed by atoms with Crippen molar-refractivity contribution in [1.82, 2.24) is 10.6 Å². The Labute approximate surface area is 166 Å². The number of thiocarbonyl (C=S) groups is 1. The minimum Gasteiger partial charge on any atom is -0.507 e. The lowest BCUT2D eigenvalue weighted by molar-refractivity contribution is -0.140. The van der Waals surface area contributed by atoms with Crippen LogP contribution >= 0.6 is 12.2 Å². The highest BCUT2D eigenvalue weighted by Gasteiger charge is 2.32. The predicted molar refractivity (Wildman–Crippen MR) is 112 cm³/mol. The van der Waals surface area contributed by atoms with Gasteiger partial charge in [0, 0.05) is 36.1 Å². The Morgan fingerprint density at radius 3 is 2.56 bits per heavy atom. The number of aromatic hydroxyl groups is 1. The molecule has 3 N–H and O–H groups in total. The molecule has 0 radical (unpaired) electrons. The van der Waals surface area contributed by atoms with E-state index in [1.165, 1.54) is 0 Å². The van der Waals surface area contributed by atoms with Crippen molar-refractivity contribution in [2.24, 2.45) is 5.92 Å². The van der Waals surface area contributed by atoms with Gasteiger partial charge in [-0.15, -0.1) is 0 Å². The SMILES string of the molecule is CCN(CC)c1ccc(C2NC(=S)NC(C)=C2C(=O)OCC(C)C)c(O)c1. The molecule has 0 aromatic heterocycles. The number of rotatable bonds is 7. The monoisotopic (exact) mass is 391 g/mol. The van der Waals surface area contributed by atoms with Gasteiger partial charge < -0.3 is 25.4 Å². The van der Waals surface area contributed by atoms with E-state index in [0.29, 0.717) is 28.6 Å². The van der Waals surface area contributed by atoms with E-state index >= 15 is 0 Å². The normalized spacial score (nSPS) is 16.8. The number of hydrogen-bond acceptors (Lipinski definition) is 5. The molecule has 1 aliphatic rings. The first-order valence-electron chi connectivity index (χ1n) is 9.31. The lowest BCUT2D eigenvalue weighted by Crippen LogP contribution is -2.45. The largest absolute Gasteiger partial charge is 0.507 e. The summed E-state index contributed by atoms with van der Waals surface area (Å²) in [5.74, 6) is -0.0647. The van der Waals surface area contributed by atoms with E-state index in [1.54, 1.807) is 13.0 Å². The van der Waals surface area contributed by atoms with E-state index in [2.05, 4.69) is 29.4 Å². The van der Waals surface area contributed by atoms with Crippen molar-refractivity contribution in [1.29, 1.82) is 0 Å². The maximum absolute atomic E-state index is 12.7. The molecule has 1 aromatic carbocycles. The molecule has 0 saturated carbocycles. The van der Waals surface area contributed by atoms with Gasteiger partial charge in [-0.2, -0.15) is 0 Å². The summed E-state index contributed by atoms with van der Waals surface area (Å²) >= 11 is 5.26. The fraction of sp³-hybridized carbons (Fsp3) is 0.500. The zero-order chi connectivity index (χ0) is 20.1. The number of esters is 1. The highest BCUT2D eigenvalue weighted by atomic mass is 32.1. The lowest BCUT2D eigenvalue weighted by atomic mass is 9.94. The van der Waals surface area contributed by atoms with Crippen LogP contribution in [0.2, 0.25) is 0 Å². The summed E-state index contributed by atoms with van der Waals surface area (Å²) in [4.78, 5) is 14.8. The van der Waals surface area contributed by atoms with Crippen molar-refractivity contribution < 1.29 is 14.6 Å². The molecule has 1 aliphatic heterocycles. The van der Waals surface area contributed by atoms with E-state index in [1.807, 2.05) is 26.0 Å². The number of carbonyl (C=O) groups is 1. The standard InChI is InChI=1S/C20H29N3O3S/c1-6-23(7-2)14-8-9-15(16(24)10-14)18-17(13(5)21-20(27)22-18)19(25)26-11-12(3)4/h8-10,12,18,24H,6-7,11H2,1-5H3,(H2,21,22,27). The number of phenolic OH excluding ortho intramolecular Hbond substituents is 1. The lowest BCUT2D eigenvalue weighted by Gasteiger charge is -2.31. The number of allylic oxidation sites excluding steroid dienone is 1. The van der Waals surface area contributed by atoms with Gasteiger partial charge in [0.15, 0.2) is 5.11 Å². The second kappa shape index (κ2) is 9.08. The molecule has 148 valence electrons. The van der Waals surface area contributed by atoms with Crippen LogP contribution in [0.25, 0.3) is 0 Å². The summed E-state index contributed by atoms with van der Waals surface area (Å²) in [7, 11) is 0. The number of benzene rings is 1. The quantitative estimate of drug-likeness (QED) is 0.487. The summed E-state index contributed by atoms with van der Waals surface area (Å²) in [5.41, 5.74) is 2.58. The van der Waals surface area contributed by atoms with Crippen LogP contribution in [0.1, 0.15) is 46.2 Å². The van der Waals surface area contributed by atoms with Crippen LogP contribution in [0, 0.1) is 5.92 Å². The highest BCUT2D eigenvalue weighted by Crippen LogP contribution is 2.35. The van der Waals surface area contributed by atoms with E-state index in [4.69, 9.17) is 17.0 Å². The van der Waals surface area contributed by atoms with Gasteiger partial charge in [-0.25, -0.2) is 4.79 Å². The first-order chi connectivity index (χ1) is 12.8. The van der Waals surface area contributed by atoms with Gasteiger partial charge in [-0.1, -0.05) is 19.9 Å². The third kappa shape index (κ3) is 4.91. The number of hydrogen-bond donors (Lipinski definition) is 3. The van der Waals surface area contributed by atoms with Gasteiger partial charge in [0.2, 0.25) is 0 Å². The molecule has 27 heavy (non-hydrogen) atoms. The summed E-state index contributed by atoms with van der Waals surface area (Å²) in [6.07, 6.45) is 0. The molecule has 0 saturated heterocycles. The van der Waals surface area contributed by atoms with Crippen LogP contribution < -0.4 is 15.5 Å². The van der Waals surface area contributed by atoms with Gasteiger partial charge in [0.25, 0.3) is 0 Å². The Bertz CT molecular complexity index is 742. The van der Waals surface area contributed by atoms with Crippen LogP contribution in [0.3, 0.4) is 0 Å². The topological polar surface area (TPSA) is 73.8 Å². The molecular formula is C20H29N3O3S. The van der Waals surface area contributed by atoms with Gasteiger partial charge in [0.1, 0.15) is 5.75 Å². The zero-order valence-corrected chi connectivity index (χ0v) is 17.4. The van der Waals surface area contributed by atoms with Gasteiger partial charge >= 0.3 is 5.97 Å². The van der Waals surface area contributed by atoms with Crippen molar-refractivity contribution in [3.8, 4) is 5.75 Å². The van der Waals surface area contributed by atoms with Crippen LogP contribution in [0.15, 0.2) is 29.5 Å². The Hall–Kier alpha value is -2.28. The number of carbonyl (C=O) groups excluding carboxylic acids is 1. The minimum atomic E-state index is -0.566. The molecule has 1 atom stereocenters. The van der Waals surface area contributed by atoms with Crippen molar-refractivity contribution in [2.75, 3.05) is 24.6 Å². The van der Waals surface area contributed by atoms with Crippen molar-refractivity contribution >= 4 is 29.0 Å². The van der Waals surface area contributed by atoms with Gasteiger partial charge in [0.05, 0.1) is 18.2 Å². The zero-order valence-electron chi connectivity index (χ0n) is 16.6. The number of nitrogens with one attached hydrogen (secondary N) is 2. The van der Waals surface area contributed by atoms with Gasteiger partial charge in [-0.3, -0.25) is 0 Å². The molecule has 0 spiro atoms. The van der Waals surface area contributed by atoms with E-state index in [-0.39, 0.29) is 11.7 Å². The number of phenols is 1. The summed E-state index contributed by atoms with van der Waals surface area (Å²) in [6.45, 7) is 11.9. The van der Waals surface area contributed by atoms with E-state index < -0.39 is 12.0 Å². The Morgan fingerprint density at radius 1 is 1.33 bits per heavy atom. The van der Waals surface area contributed by atoms with E-state index in [9.17, 15) is 9.90 Å². The molecule has 0 bridgehead atoms. The van der Waals surface area contributed by atoms with Crippen molar-refractivity contribution in [2.45, 2.75) is 40.7 Å². The van der Waals surface area contributed by atoms with Crippen molar-refractivity contribution in [3.05, 3.63) is 35.0 Å². The second-order valence-electron chi connectivity index (χ2n) is 6.98. The molecule has 2 rings (SSSR count). The smallest absolute Gasteiger partial charge is 0.338 e. The average molecular weight is 392 g/mol. The molecule has 1 heterocycles. The molecule has 6 nitrogen and oxygen atoms in total. The molecule has 0 fully saturated rings. The van der Waals surface area contributed by atoms with Crippen LogP contribution in [-0.2, 0) is 9.53 Å². The molecule has 0 aliphatic carbocycles. The summed E-state index contributed by atoms with van der Waals surface area (Å²) in [5, 5.41) is 17.1. The third-order valence-electron chi connectivity index (χ3n) is 4.49. The maximum Gasteiger partial charge on any atom is 0.338 e. The molecule has 7 heteroatoms. The Kier molecular flexibility index (Phi) is 7.07.